The van der Waals surface area contributed by atoms with Crippen molar-refractivity contribution in [3.63, 3.8) is 0 Å². The Morgan fingerprint density at radius 2 is 1.84 bits per heavy atom. The number of ether oxygens (including phenoxy) is 2. The molecule has 0 aromatic heterocycles. The Morgan fingerprint density at radius 1 is 1.04 bits per heavy atom. The van der Waals surface area contributed by atoms with Gasteiger partial charge < -0.3 is 19.9 Å². The third-order valence-electron chi connectivity index (χ3n) is 4.50. The summed E-state index contributed by atoms with van der Waals surface area (Å²) in [4.78, 5) is 23.4. The molecule has 25 heavy (non-hydrogen) atoms. The fourth-order valence-electron chi connectivity index (χ4n) is 3.11. The summed E-state index contributed by atoms with van der Waals surface area (Å²) in [6, 6.07) is 12.0. The second-order valence-electron chi connectivity index (χ2n) is 6.23. The van der Waals surface area contributed by atoms with Gasteiger partial charge in [-0.25, -0.2) is 4.79 Å². The minimum atomic E-state index is -1.02. The second kappa shape index (κ2) is 6.12. The van der Waals surface area contributed by atoms with Gasteiger partial charge in [0.05, 0.1) is 5.56 Å². The molecular weight excluding hydrogens is 322 g/mol. The predicted octanol–water partition coefficient (Wildman–Crippen LogP) is 2.90. The fourth-order valence-corrected chi connectivity index (χ4v) is 3.11. The fraction of sp³-hybridized carbons (Fsp3) is 0.263. The van der Waals surface area contributed by atoms with E-state index in [-0.39, 0.29) is 23.3 Å². The molecule has 2 aliphatic rings. The highest BCUT2D eigenvalue weighted by Gasteiger charge is 2.44. The van der Waals surface area contributed by atoms with Crippen molar-refractivity contribution in [3.05, 3.63) is 53.6 Å². The number of amides is 1. The SMILES string of the molecule is O=C(O)c1cccc(NC(=O)[C@@H]2C[C@H]2c2ccc3c(c2)OCCO3)c1. The van der Waals surface area contributed by atoms with Gasteiger partial charge in [-0.15, -0.1) is 0 Å². The molecule has 128 valence electrons. The summed E-state index contributed by atoms with van der Waals surface area (Å²) in [5, 5.41) is 11.8. The highest BCUT2D eigenvalue weighted by atomic mass is 16.6. The Hall–Kier alpha value is -3.02. The first kappa shape index (κ1) is 15.5. The van der Waals surface area contributed by atoms with Gasteiger partial charge >= 0.3 is 5.97 Å². The van der Waals surface area contributed by atoms with Gasteiger partial charge in [-0.3, -0.25) is 4.79 Å². The minimum Gasteiger partial charge on any atom is -0.486 e. The number of nitrogens with one attached hydrogen (secondary N) is 1. The van der Waals surface area contributed by atoms with Gasteiger partial charge in [-0.2, -0.15) is 0 Å². The van der Waals surface area contributed by atoms with Gasteiger partial charge in [0.15, 0.2) is 11.5 Å². The molecule has 2 aromatic carbocycles. The van der Waals surface area contributed by atoms with Crippen LogP contribution in [0.5, 0.6) is 11.5 Å². The zero-order valence-corrected chi connectivity index (χ0v) is 13.4. The van der Waals surface area contributed by atoms with Crippen LogP contribution in [0.25, 0.3) is 0 Å². The van der Waals surface area contributed by atoms with E-state index in [1.807, 2.05) is 18.2 Å². The number of benzene rings is 2. The van der Waals surface area contributed by atoms with Gasteiger partial charge in [0, 0.05) is 11.6 Å². The van der Waals surface area contributed by atoms with Crippen LogP contribution in [-0.4, -0.2) is 30.2 Å². The molecule has 1 aliphatic heterocycles. The topological polar surface area (TPSA) is 84.9 Å². The van der Waals surface area contributed by atoms with Crippen molar-refractivity contribution in [2.45, 2.75) is 12.3 Å². The smallest absolute Gasteiger partial charge is 0.335 e. The number of aromatic carboxylic acids is 1. The van der Waals surface area contributed by atoms with Crippen LogP contribution in [0.3, 0.4) is 0 Å². The van der Waals surface area contributed by atoms with Crippen LogP contribution in [0.15, 0.2) is 42.5 Å². The van der Waals surface area contributed by atoms with E-state index in [0.29, 0.717) is 18.9 Å². The number of carbonyl (C=O) groups excluding carboxylic acids is 1. The van der Waals surface area contributed by atoms with Crippen molar-refractivity contribution in [1.29, 1.82) is 0 Å². The molecule has 1 amide bonds. The van der Waals surface area contributed by atoms with E-state index in [1.54, 1.807) is 12.1 Å². The van der Waals surface area contributed by atoms with Crippen LogP contribution >= 0.6 is 0 Å². The number of rotatable bonds is 4. The lowest BCUT2D eigenvalue weighted by Gasteiger charge is -2.18. The number of hydrogen-bond acceptors (Lipinski definition) is 4. The zero-order valence-electron chi connectivity index (χ0n) is 13.4. The molecule has 1 fully saturated rings. The number of hydrogen-bond donors (Lipinski definition) is 2. The Kier molecular flexibility index (Phi) is 3.80. The standard InChI is InChI=1S/C19H17NO5/c21-18(20-13-3-1-2-12(8-13)19(22)23)15-10-14(15)11-4-5-16-17(9-11)25-7-6-24-16/h1-5,8-9,14-15H,6-7,10H2,(H,20,21)(H,22,23)/t14-,15+/m0/s1. The number of carbonyl (C=O) groups is 2. The second-order valence-corrected chi connectivity index (χ2v) is 6.23. The molecule has 6 nitrogen and oxygen atoms in total. The summed E-state index contributed by atoms with van der Waals surface area (Å²) in [5.41, 5.74) is 1.71. The first-order valence-corrected chi connectivity index (χ1v) is 8.15. The van der Waals surface area contributed by atoms with Crippen molar-refractivity contribution in [2.24, 2.45) is 5.92 Å². The molecule has 1 heterocycles. The molecule has 2 aromatic rings. The lowest BCUT2D eigenvalue weighted by atomic mass is 10.1. The third-order valence-corrected chi connectivity index (χ3v) is 4.50. The largest absolute Gasteiger partial charge is 0.486 e. The maximum absolute atomic E-state index is 12.4. The van der Waals surface area contributed by atoms with Crippen molar-refractivity contribution in [3.8, 4) is 11.5 Å². The van der Waals surface area contributed by atoms with E-state index in [0.717, 1.165) is 23.5 Å². The first-order valence-electron chi connectivity index (χ1n) is 8.15. The van der Waals surface area contributed by atoms with E-state index in [4.69, 9.17) is 14.6 Å². The first-order chi connectivity index (χ1) is 12.1. The molecule has 0 saturated heterocycles. The Morgan fingerprint density at radius 3 is 2.64 bits per heavy atom. The maximum atomic E-state index is 12.4. The van der Waals surface area contributed by atoms with Crippen LogP contribution in [0.4, 0.5) is 5.69 Å². The van der Waals surface area contributed by atoms with E-state index >= 15 is 0 Å². The van der Waals surface area contributed by atoms with Gasteiger partial charge in [-0.1, -0.05) is 12.1 Å². The molecule has 0 radical (unpaired) electrons. The van der Waals surface area contributed by atoms with Crippen LogP contribution in [0.1, 0.15) is 28.3 Å². The molecule has 4 rings (SSSR count). The summed E-state index contributed by atoms with van der Waals surface area (Å²) in [5.74, 6) is 0.389. The third kappa shape index (κ3) is 3.15. The Labute approximate surface area is 144 Å². The maximum Gasteiger partial charge on any atom is 0.335 e. The van der Waals surface area contributed by atoms with E-state index in [2.05, 4.69) is 5.32 Å². The molecular formula is C19H17NO5. The number of carboxylic acid groups (broad SMARTS) is 1. The minimum absolute atomic E-state index is 0.0950. The van der Waals surface area contributed by atoms with Gasteiger partial charge in [0.1, 0.15) is 13.2 Å². The van der Waals surface area contributed by atoms with Crippen LogP contribution in [0, 0.1) is 5.92 Å². The predicted molar refractivity (Wildman–Crippen MR) is 90.3 cm³/mol. The zero-order chi connectivity index (χ0) is 17.4. The van der Waals surface area contributed by atoms with Crippen molar-refractivity contribution < 1.29 is 24.2 Å². The van der Waals surface area contributed by atoms with Gasteiger partial charge in [-0.05, 0) is 48.2 Å². The summed E-state index contributed by atoms with van der Waals surface area (Å²) >= 11 is 0. The Balaban J connectivity index is 1.43. The Bertz CT molecular complexity index is 847. The van der Waals surface area contributed by atoms with Crippen molar-refractivity contribution >= 4 is 17.6 Å². The summed E-state index contributed by atoms with van der Waals surface area (Å²) in [7, 11) is 0. The van der Waals surface area contributed by atoms with Crippen LogP contribution in [-0.2, 0) is 4.79 Å². The van der Waals surface area contributed by atoms with E-state index < -0.39 is 5.97 Å². The number of anilines is 1. The molecule has 0 bridgehead atoms. The average Bonchev–Trinajstić information content (AvgIpc) is 3.42. The molecule has 2 N–H and O–H groups in total. The normalized spacial score (nSPS) is 20.6. The lowest BCUT2D eigenvalue weighted by molar-refractivity contribution is -0.117. The van der Waals surface area contributed by atoms with E-state index in [9.17, 15) is 9.59 Å². The quantitative estimate of drug-likeness (QED) is 0.895. The van der Waals surface area contributed by atoms with Crippen LogP contribution < -0.4 is 14.8 Å². The highest BCUT2D eigenvalue weighted by molar-refractivity contribution is 5.97. The molecule has 0 unspecified atom stereocenters. The lowest BCUT2D eigenvalue weighted by Crippen LogP contribution is -2.16. The van der Waals surface area contributed by atoms with Crippen LogP contribution in [0.2, 0.25) is 0 Å². The number of carboxylic acids is 1. The highest BCUT2D eigenvalue weighted by Crippen LogP contribution is 2.49. The van der Waals surface area contributed by atoms with E-state index in [1.165, 1.54) is 12.1 Å². The summed E-state index contributed by atoms with van der Waals surface area (Å²) in [6.07, 6.45) is 0.768. The number of fused-ring (bicyclic) bond motifs is 1. The molecule has 6 heteroatoms. The summed E-state index contributed by atoms with van der Waals surface area (Å²) in [6.45, 7) is 1.08. The van der Waals surface area contributed by atoms with Gasteiger partial charge in [0.2, 0.25) is 5.91 Å². The molecule has 0 spiro atoms. The van der Waals surface area contributed by atoms with Crippen molar-refractivity contribution in [1.82, 2.24) is 0 Å². The summed E-state index contributed by atoms with van der Waals surface area (Å²) < 4.78 is 11.1. The molecule has 1 saturated carbocycles. The monoisotopic (exact) mass is 339 g/mol. The molecule has 1 aliphatic carbocycles. The van der Waals surface area contributed by atoms with Gasteiger partial charge in [0.25, 0.3) is 0 Å². The molecule has 2 atom stereocenters. The average molecular weight is 339 g/mol. The van der Waals surface area contributed by atoms with Crippen molar-refractivity contribution in [2.75, 3.05) is 18.5 Å².